The first-order chi connectivity index (χ1) is 15.2. The Morgan fingerprint density at radius 1 is 0.839 bits per heavy atom. The number of hydrogen-bond acceptors (Lipinski definition) is 2. The summed E-state index contributed by atoms with van der Waals surface area (Å²) in [5, 5.41) is 0. The maximum absolute atomic E-state index is 12.8. The van der Waals surface area contributed by atoms with E-state index in [1.54, 1.807) is 0 Å². The van der Waals surface area contributed by atoms with Crippen LogP contribution in [0.1, 0.15) is 108 Å². The molecule has 0 N–H and O–H groups in total. The third-order valence-electron chi connectivity index (χ3n) is 8.78. The number of ether oxygens (including phenoxy) is 1. The molecule has 1 aliphatic heterocycles. The van der Waals surface area contributed by atoms with Gasteiger partial charge in [-0.05, 0) is 92.2 Å². The highest BCUT2D eigenvalue weighted by atomic mass is 16.5. The number of aryl methyl sites for hydroxylation is 1. The largest absolute Gasteiger partial charge is 0.426 e. The van der Waals surface area contributed by atoms with Crippen LogP contribution in [0.3, 0.4) is 0 Å². The molecule has 2 fully saturated rings. The second-order valence-electron chi connectivity index (χ2n) is 10.9. The number of fused-ring (bicyclic) bond motifs is 1. The molecule has 1 atom stereocenters. The lowest BCUT2D eigenvalue weighted by Gasteiger charge is -2.40. The average Bonchev–Trinajstić information content (AvgIpc) is 2.80. The van der Waals surface area contributed by atoms with E-state index in [2.05, 4.69) is 32.0 Å². The highest BCUT2D eigenvalue weighted by Crippen LogP contribution is 2.45. The lowest BCUT2D eigenvalue weighted by atomic mass is 9.66. The average molecular weight is 425 g/mol. The van der Waals surface area contributed by atoms with E-state index in [4.69, 9.17) is 4.74 Å². The Morgan fingerprint density at radius 3 is 2.19 bits per heavy atom. The van der Waals surface area contributed by atoms with Gasteiger partial charge in [0.2, 0.25) is 0 Å². The smallest absolute Gasteiger partial charge is 0.314 e. The first kappa shape index (κ1) is 22.9. The predicted molar refractivity (Wildman–Crippen MR) is 128 cm³/mol. The molecule has 2 heteroatoms. The fourth-order valence-electron chi connectivity index (χ4n) is 6.82. The number of benzene rings is 1. The van der Waals surface area contributed by atoms with Gasteiger partial charge < -0.3 is 4.74 Å². The van der Waals surface area contributed by atoms with Gasteiger partial charge in [0.1, 0.15) is 5.75 Å². The Balaban J connectivity index is 1.25. The van der Waals surface area contributed by atoms with Crippen LogP contribution in [0.15, 0.2) is 18.2 Å². The molecule has 1 aromatic rings. The summed E-state index contributed by atoms with van der Waals surface area (Å²) >= 11 is 0. The van der Waals surface area contributed by atoms with E-state index in [1.165, 1.54) is 88.2 Å². The van der Waals surface area contributed by atoms with Crippen LogP contribution in [0.5, 0.6) is 5.75 Å². The fraction of sp³-hybridized carbons (Fsp3) is 0.759. The quantitative estimate of drug-likeness (QED) is 0.241. The topological polar surface area (TPSA) is 26.3 Å². The number of rotatable bonds is 8. The number of carbonyl (C=O) groups excluding carboxylic acids is 1. The van der Waals surface area contributed by atoms with Crippen LogP contribution in [-0.4, -0.2) is 5.97 Å². The zero-order chi connectivity index (χ0) is 21.6. The highest BCUT2D eigenvalue weighted by Gasteiger charge is 2.38. The van der Waals surface area contributed by atoms with Crippen molar-refractivity contribution in [2.45, 2.75) is 110 Å². The normalized spacial score (nSPS) is 31.2. The van der Waals surface area contributed by atoms with Crippen LogP contribution in [0.2, 0.25) is 0 Å². The molecule has 31 heavy (non-hydrogen) atoms. The summed E-state index contributed by atoms with van der Waals surface area (Å²) in [5.74, 6) is 4.36. The third-order valence-corrected chi connectivity index (χ3v) is 8.78. The minimum atomic E-state index is 0.0391. The van der Waals surface area contributed by atoms with Crippen LogP contribution < -0.4 is 4.74 Å². The van der Waals surface area contributed by atoms with Crippen LogP contribution in [0.25, 0.3) is 0 Å². The van der Waals surface area contributed by atoms with E-state index in [1.807, 2.05) is 0 Å². The summed E-state index contributed by atoms with van der Waals surface area (Å²) in [6, 6.07) is 6.54. The molecule has 2 nitrogen and oxygen atoms in total. The minimum absolute atomic E-state index is 0.0391. The molecular formula is C29H44O2. The number of carbonyl (C=O) groups is 1. The fourth-order valence-corrected chi connectivity index (χ4v) is 6.82. The maximum Gasteiger partial charge on any atom is 0.314 e. The minimum Gasteiger partial charge on any atom is -0.426 e. The van der Waals surface area contributed by atoms with Crippen LogP contribution in [-0.2, 0) is 17.6 Å². The zero-order valence-corrected chi connectivity index (χ0v) is 20.0. The van der Waals surface area contributed by atoms with Gasteiger partial charge in [0, 0.05) is 0 Å². The number of unbranched alkanes of at least 4 members (excludes halogenated alkanes) is 2. The van der Waals surface area contributed by atoms with E-state index in [0.29, 0.717) is 5.92 Å². The monoisotopic (exact) mass is 424 g/mol. The van der Waals surface area contributed by atoms with Gasteiger partial charge >= 0.3 is 5.97 Å². The summed E-state index contributed by atoms with van der Waals surface area (Å²) in [6.07, 6.45) is 19.7. The van der Waals surface area contributed by atoms with Crippen molar-refractivity contribution in [1.29, 1.82) is 0 Å². The van der Waals surface area contributed by atoms with Gasteiger partial charge in [-0.25, -0.2) is 0 Å². The van der Waals surface area contributed by atoms with Crippen molar-refractivity contribution in [2.24, 2.45) is 29.6 Å². The maximum atomic E-state index is 12.8. The molecule has 2 saturated carbocycles. The van der Waals surface area contributed by atoms with E-state index in [-0.39, 0.29) is 11.9 Å². The molecule has 0 spiro atoms. The van der Waals surface area contributed by atoms with Crippen molar-refractivity contribution in [3.05, 3.63) is 29.3 Å². The second-order valence-corrected chi connectivity index (χ2v) is 10.9. The second kappa shape index (κ2) is 11.0. The van der Waals surface area contributed by atoms with Gasteiger partial charge in [0.05, 0.1) is 5.92 Å². The van der Waals surface area contributed by atoms with E-state index in [0.717, 1.165) is 42.8 Å². The lowest BCUT2D eigenvalue weighted by Crippen LogP contribution is -2.36. The molecule has 1 heterocycles. The molecule has 0 amide bonds. The molecule has 1 aromatic carbocycles. The first-order valence-corrected chi connectivity index (χ1v) is 13.5. The van der Waals surface area contributed by atoms with Crippen molar-refractivity contribution in [3.63, 3.8) is 0 Å². The molecule has 3 aliphatic rings. The predicted octanol–water partition coefficient (Wildman–Crippen LogP) is 7.91. The van der Waals surface area contributed by atoms with Crippen molar-refractivity contribution >= 4 is 5.97 Å². The standard InChI is InChI=1S/C29H44O2/c1-3-5-6-8-21-9-12-23(13-10-21)24-15-17-25(18-16-24)27-20-26-14-11-22(7-4-2)19-28(26)31-29(27)30/h11,14,19,21,23-25,27H,3-10,12-13,15-18,20H2,1-2H3. The SMILES string of the molecule is CCCCCC1CCC(C2CCC(C3Cc4ccc(CCC)cc4OC3=O)CC2)CC1. The highest BCUT2D eigenvalue weighted by molar-refractivity contribution is 5.78. The molecule has 1 unspecified atom stereocenters. The Kier molecular flexibility index (Phi) is 8.13. The Labute approximate surface area is 190 Å². The summed E-state index contributed by atoms with van der Waals surface area (Å²) in [7, 11) is 0. The van der Waals surface area contributed by atoms with E-state index in [9.17, 15) is 4.79 Å². The summed E-state index contributed by atoms with van der Waals surface area (Å²) in [4.78, 5) is 12.8. The molecule has 0 saturated heterocycles. The molecular weight excluding hydrogens is 380 g/mol. The van der Waals surface area contributed by atoms with Crippen LogP contribution >= 0.6 is 0 Å². The van der Waals surface area contributed by atoms with Crippen molar-refractivity contribution in [1.82, 2.24) is 0 Å². The van der Waals surface area contributed by atoms with Crippen molar-refractivity contribution < 1.29 is 9.53 Å². The van der Waals surface area contributed by atoms with Gasteiger partial charge in [-0.15, -0.1) is 0 Å². The van der Waals surface area contributed by atoms with Crippen LogP contribution in [0, 0.1) is 29.6 Å². The van der Waals surface area contributed by atoms with E-state index < -0.39 is 0 Å². The molecule has 172 valence electrons. The third kappa shape index (κ3) is 5.74. The van der Waals surface area contributed by atoms with Crippen molar-refractivity contribution in [3.8, 4) is 5.75 Å². The first-order valence-electron chi connectivity index (χ1n) is 13.5. The van der Waals surface area contributed by atoms with Gasteiger partial charge in [0.25, 0.3) is 0 Å². The summed E-state index contributed by atoms with van der Waals surface area (Å²) in [5.41, 5.74) is 2.53. The Bertz CT molecular complexity index is 707. The summed E-state index contributed by atoms with van der Waals surface area (Å²) < 4.78 is 5.84. The number of esters is 1. The molecule has 0 aromatic heterocycles. The Hall–Kier alpha value is -1.31. The van der Waals surface area contributed by atoms with E-state index >= 15 is 0 Å². The number of hydrogen-bond donors (Lipinski definition) is 0. The Morgan fingerprint density at radius 2 is 1.52 bits per heavy atom. The molecule has 0 radical (unpaired) electrons. The zero-order valence-electron chi connectivity index (χ0n) is 20.0. The van der Waals surface area contributed by atoms with Gasteiger partial charge in [-0.2, -0.15) is 0 Å². The molecule has 0 bridgehead atoms. The lowest BCUT2D eigenvalue weighted by molar-refractivity contribution is -0.142. The van der Waals surface area contributed by atoms with Gasteiger partial charge in [-0.1, -0.05) is 70.9 Å². The summed E-state index contributed by atoms with van der Waals surface area (Å²) in [6.45, 7) is 4.50. The molecule has 4 rings (SSSR count). The van der Waals surface area contributed by atoms with Crippen molar-refractivity contribution in [2.75, 3.05) is 0 Å². The van der Waals surface area contributed by atoms with Gasteiger partial charge in [0.15, 0.2) is 0 Å². The van der Waals surface area contributed by atoms with Gasteiger partial charge in [-0.3, -0.25) is 4.79 Å². The van der Waals surface area contributed by atoms with Crippen LogP contribution in [0.4, 0.5) is 0 Å². The molecule has 2 aliphatic carbocycles.